The molecule has 1 heteroatoms. The van der Waals surface area contributed by atoms with Crippen LogP contribution >= 0.6 is 0 Å². The molecule has 1 heterocycles. The van der Waals surface area contributed by atoms with E-state index in [-0.39, 0.29) is 5.41 Å². The Hall–Kier alpha value is -5.53. The first-order chi connectivity index (χ1) is 22.5. The lowest BCUT2D eigenvalue weighted by atomic mass is 9.68. The maximum atomic E-state index is 4.98. The first-order valence-electron chi connectivity index (χ1n) is 16.0. The summed E-state index contributed by atoms with van der Waals surface area (Å²) in [5.74, 6) is 0. The minimum atomic E-state index is -0.163. The van der Waals surface area contributed by atoms with Gasteiger partial charge in [0.05, 0.1) is 5.69 Å². The van der Waals surface area contributed by atoms with Gasteiger partial charge >= 0.3 is 0 Å². The highest BCUT2D eigenvalue weighted by Gasteiger charge is 2.33. The van der Waals surface area contributed by atoms with Gasteiger partial charge in [0.15, 0.2) is 0 Å². The third kappa shape index (κ3) is 4.35. The smallest absolute Gasteiger partial charge is 0.0708 e. The van der Waals surface area contributed by atoms with Gasteiger partial charge in [0.25, 0.3) is 0 Å². The molecule has 0 radical (unpaired) electrons. The molecule has 0 aliphatic heterocycles. The van der Waals surface area contributed by atoms with Crippen molar-refractivity contribution in [2.75, 3.05) is 0 Å². The predicted octanol–water partition coefficient (Wildman–Crippen LogP) is 12.2. The average Bonchev–Trinajstić information content (AvgIpc) is 3.11. The second kappa shape index (κ2) is 10.8. The number of allylic oxidation sites excluding steroid dienone is 5. The first-order valence-corrected chi connectivity index (χ1v) is 16.0. The topological polar surface area (TPSA) is 12.9 Å². The quantitative estimate of drug-likeness (QED) is 0.139. The van der Waals surface area contributed by atoms with Gasteiger partial charge < -0.3 is 0 Å². The van der Waals surface area contributed by atoms with E-state index in [4.69, 9.17) is 4.98 Å². The zero-order chi connectivity index (χ0) is 31.4. The number of nitrogens with zero attached hydrogens (tertiary/aromatic N) is 1. The van der Waals surface area contributed by atoms with Gasteiger partial charge in [-0.1, -0.05) is 154 Å². The van der Waals surface area contributed by atoms with Gasteiger partial charge in [-0.3, -0.25) is 4.98 Å². The van der Waals surface area contributed by atoms with Crippen LogP contribution in [0.15, 0.2) is 152 Å². The molecule has 0 bridgehead atoms. The number of hydrogen-bond donors (Lipinski definition) is 0. The van der Waals surface area contributed by atoms with Gasteiger partial charge in [-0.2, -0.15) is 0 Å². The molecular formula is C45H35N. The number of benzene rings is 6. The largest absolute Gasteiger partial charge is 0.256 e. The molecule has 1 aliphatic rings. The van der Waals surface area contributed by atoms with Crippen LogP contribution in [0, 0.1) is 0 Å². The molecular weight excluding hydrogens is 555 g/mol. The van der Waals surface area contributed by atoms with E-state index in [1.165, 1.54) is 71.3 Å². The summed E-state index contributed by atoms with van der Waals surface area (Å²) in [5.41, 5.74) is 11.6. The van der Waals surface area contributed by atoms with Crippen LogP contribution in [0.25, 0.3) is 65.8 Å². The molecule has 6 aromatic carbocycles. The van der Waals surface area contributed by atoms with Crippen molar-refractivity contribution < 1.29 is 0 Å². The van der Waals surface area contributed by atoms with Crippen molar-refractivity contribution >= 4 is 43.5 Å². The summed E-state index contributed by atoms with van der Waals surface area (Å²) in [6, 6.07) is 43.7. The Morgan fingerprint density at radius 3 is 2.00 bits per heavy atom. The van der Waals surface area contributed by atoms with Crippen molar-refractivity contribution in [3.63, 3.8) is 0 Å². The number of rotatable bonds is 6. The van der Waals surface area contributed by atoms with E-state index in [1.807, 2.05) is 12.3 Å². The molecule has 1 aliphatic carbocycles. The Morgan fingerprint density at radius 1 is 0.630 bits per heavy atom. The first kappa shape index (κ1) is 28.0. The highest BCUT2D eigenvalue weighted by atomic mass is 14.7. The molecule has 0 unspecified atom stereocenters. The predicted molar refractivity (Wildman–Crippen MR) is 198 cm³/mol. The molecule has 1 aromatic heterocycles. The third-order valence-electron chi connectivity index (χ3n) is 9.86. The molecule has 0 fully saturated rings. The molecule has 0 saturated heterocycles. The van der Waals surface area contributed by atoms with E-state index >= 15 is 0 Å². The van der Waals surface area contributed by atoms with Crippen molar-refractivity contribution in [1.29, 1.82) is 0 Å². The Balaban J connectivity index is 1.30. The van der Waals surface area contributed by atoms with Crippen LogP contribution in [0.1, 0.15) is 43.0 Å². The number of hydrogen-bond acceptors (Lipinski definition) is 1. The molecule has 8 rings (SSSR count). The molecule has 7 aromatic rings. The Morgan fingerprint density at radius 2 is 1.30 bits per heavy atom. The minimum Gasteiger partial charge on any atom is -0.256 e. The van der Waals surface area contributed by atoms with Gasteiger partial charge in [0.2, 0.25) is 0 Å². The summed E-state index contributed by atoms with van der Waals surface area (Å²) in [5, 5.41) is 7.78. The fraction of sp³-hybridized carbons (Fsp3) is 0.0889. The molecule has 0 amide bonds. The lowest BCUT2D eigenvalue weighted by molar-refractivity contribution is 0.652. The molecule has 0 spiro atoms. The molecule has 46 heavy (non-hydrogen) atoms. The van der Waals surface area contributed by atoms with Gasteiger partial charge in [-0.15, -0.1) is 0 Å². The summed E-state index contributed by atoms with van der Waals surface area (Å²) < 4.78 is 0. The van der Waals surface area contributed by atoms with Gasteiger partial charge in [0, 0.05) is 22.7 Å². The van der Waals surface area contributed by atoms with Gasteiger partial charge in [-0.25, -0.2) is 0 Å². The van der Waals surface area contributed by atoms with E-state index in [2.05, 4.69) is 161 Å². The van der Waals surface area contributed by atoms with E-state index in [9.17, 15) is 0 Å². The zero-order valence-corrected chi connectivity index (χ0v) is 26.5. The maximum Gasteiger partial charge on any atom is 0.0708 e. The fourth-order valence-electron chi connectivity index (χ4n) is 7.42. The van der Waals surface area contributed by atoms with Crippen LogP contribution in [0.2, 0.25) is 0 Å². The highest BCUT2D eigenvalue weighted by Crippen LogP contribution is 2.51. The summed E-state index contributed by atoms with van der Waals surface area (Å²) in [4.78, 5) is 4.98. The SMILES string of the molecule is C=C(/C=C\C(=C/C)c1ccccc1)c1ccc2c3c1ccc1ccc4c(-c5ccc(-c6ccccc6)cn5)ccc(c4c13)C2(C)C. The summed E-state index contributed by atoms with van der Waals surface area (Å²) in [7, 11) is 0. The summed E-state index contributed by atoms with van der Waals surface area (Å²) >= 11 is 0. The van der Waals surface area contributed by atoms with Crippen molar-refractivity contribution in [3.05, 3.63) is 175 Å². The van der Waals surface area contributed by atoms with E-state index < -0.39 is 0 Å². The van der Waals surface area contributed by atoms with Crippen LogP contribution < -0.4 is 0 Å². The van der Waals surface area contributed by atoms with Crippen molar-refractivity contribution in [2.45, 2.75) is 26.2 Å². The standard InChI is InChI=1S/C45H35N/c1-5-30(31-12-8-6-9-13-31)17-16-29(2)35-23-25-39-43-37(35)21-18-33-19-22-38-36(24-26-40(45(39,3)4)44(38)42(33)43)41-27-20-34(28-46-41)32-14-10-7-11-15-32/h5-28H,2H2,1,3-4H3/b17-16-,30-5+. The van der Waals surface area contributed by atoms with Gasteiger partial charge in [0.1, 0.15) is 0 Å². The Bertz CT molecular complexity index is 2370. The van der Waals surface area contributed by atoms with Crippen LogP contribution in [0.4, 0.5) is 0 Å². The average molecular weight is 590 g/mol. The van der Waals surface area contributed by atoms with E-state index in [0.717, 1.165) is 16.8 Å². The van der Waals surface area contributed by atoms with E-state index in [1.54, 1.807) is 0 Å². The Kier molecular flexibility index (Phi) is 6.58. The zero-order valence-electron chi connectivity index (χ0n) is 26.5. The second-order valence-corrected chi connectivity index (χ2v) is 12.8. The molecule has 1 nitrogen and oxygen atoms in total. The van der Waals surface area contributed by atoms with Crippen LogP contribution in [-0.4, -0.2) is 4.98 Å². The third-order valence-corrected chi connectivity index (χ3v) is 9.86. The molecule has 220 valence electrons. The molecule has 0 saturated carbocycles. The molecule has 0 N–H and O–H groups in total. The minimum absolute atomic E-state index is 0.163. The normalized spacial score (nSPS) is 13.8. The van der Waals surface area contributed by atoms with Crippen molar-refractivity contribution in [1.82, 2.24) is 4.98 Å². The summed E-state index contributed by atoms with van der Waals surface area (Å²) in [6.45, 7) is 11.4. The number of aromatic nitrogens is 1. The van der Waals surface area contributed by atoms with Crippen LogP contribution in [0.3, 0.4) is 0 Å². The van der Waals surface area contributed by atoms with Crippen molar-refractivity contribution in [2.24, 2.45) is 0 Å². The fourth-order valence-corrected chi connectivity index (χ4v) is 7.42. The molecule has 0 atom stereocenters. The second-order valence-electron chi connectivity index (χ2n) is 12.8. The lowest BCUT2D eigenvalue weighted by Gasteiger charge is -2.35. The van der Waals surface area contributed by atoms with Crippen LogP contribution in [0.5, 0.6) is 0 Å². The monoisotopic (exact) mass is 589 g/mol. The lowest BCUT2D eigenvalue weighted by Crippen LogP contribution is -2.22. The van der Waals surface area contributed by atoms with E-state index in [0.29, 0.717) is 0 Å². The Labute approximate surface area is 270 Å². The van der Waals surface area contributed by atoms with Gasteiger partial charge in [-0.05, 0) is 84.3 Å². The highest BCUT2D eigenvalue weighted by molar-refractivity contribution is 6.27. The number of pyridine rings is 1. The maximum absolute atomic E-state index is 4.98. The van der Waals surface area contributed by atoms with Crippen LogP contribution in [-0.2, 0) is 5.41 Å². The summed E-state index contributed by atoms with van der Waals surface area (Å²) in [6.07, 6.45) is 8.50. The van der Waals surface area contributed by atoms with Crippen molar-refractivity contribution in [3.8, 4) is 22.4 Å².